The Balaban J connectivity index is 1.70. The number of nitrogens with zero attached hydrogens (tertiary/aromatic N) is 1. The molecule has 0 amide bonds. The van der Waals surface area contributed by atoms with Crippen LogP contribution in [0.15, 0.2) is 23.2 Å². The molecule has 4 rings (SSSR count). The number of carbonyl (C=O) groups is 1. The molecule has 11 nitrogen and oxygen atoms in total. The molecule has 1 aromatic carbocycles. The van der Waals surface area contributed by atoms with Gasteiger partial charge in [-0.1, -0.05) is 11.6 Å². The van der Waals surface area contributed by atoms with Gasteiger partial charge in [0.05, 0.1) is 42.1 Å². The zero-order valence-corrected chi connectivity index (χ0v) is 22.5. The Morgan fingerprint density at radius 2 is 2.06 bits per heavy atom. The summed E-state index contributed by atoms with van der Waals surface area (Å²) in [6.07, 6.45) is -0.304. The summed E-state index contributed by atoms with van der Waals surface area (Å²) in [7, 11) is 0. The van der Waals surface area contributed by atoms with Crippen molar-refractivity contribution in [3.63, 3.8) is 0 Å². The molecule has 0 saturated heterocycles. The SMILES string of the molecule is O=C(O)C(Cc1cnc[nH]1)Nc1c(I)c(Br)c(Cl)c2c(OC3C[C@H](CO)[C@H](O)[C@H](O)[C@@H]3O)c[nH]c12. The molecule has 1 aliphatic carbocycles. The van der Waals surface area contributed by atoms with E-state index in [0.29, 0.717) is 35.3 Å². The van der Waals surface area contributed by atoms with Gasteiger partial charge in [0.25, 0.3) is 0 Å². The van der Waals surface area contributed by atoms with Crippen molar-refractivity contribution >= 4 is 72.7 Å². The summed E-state index contributed by atoms with van der Waals surface area (Å²) in [6, 6.07) is -0.991. The maximum atomic E-state index is 12.0. The number of aliphatic hydroxyl groups is 4. The summed E-state index contributed by atoms with van der Waals surface area (Å²) < 4.78 is 7.16. The highest BCUT2D eigenvalue weighted by Crippen LogP contribution is 2.46. The number of hydrogen-bond acceptors (Lipinski definition) is 8. The van der Waals surface area contributed by atoms with Crippen LogP contribution < -0.4 is 10.1 Å². The van der Waals surface area contributed by atoms with Gasteiger partial charge in [-0.05, 0) is 44.9 Å². The van der Waals surface area contributed by atoms with E-state index in [4.69, 9.17) is 16.3 Å². The summed E-state index contributed by atoms with van der Waals surface area (Å²) in [5.41, 5.74) is 1.61. The molecule has 0 radical (unpaired) electrons. The minimum absolute atomic E-state index is 0.0993. The first kappa shape index (κ1) is 26.4. The average molecular weight is 686 g/mol. The van der Waals surface area contributed by atoms with Crippen molar-refractivity contribution in [3.05, 3.63) is 37.5 Å². The van der Waals surface area contributed by atoms with Crippen LogP contribution in [0.2, 0.25) is 5.02 Å². The van der Waals surface area contributed by atoms with E-state index in [2.05, 4.69) is 36.2 Å². The fraction of sp³-hybridized carbons (Fsp3) is 0.429. The maximum absolute atomic E-state index is 12.0. The second-order valence-electron chi connectivity index (χ2n) is 8.34. The highest BCUT2D eigenvalue weighted by Gasteiger charge is 2.44. The van der Waals surface area contributed by atoms with Crippen molar-refractivity contribution in [1.82, 2.24) is 15.0 Å². The van der Waals surface area contributed by atoms with Crippen LogP contribution in [-0.4, -0.2) is 83.5 Å². The van der Waals surface area contributed by atoms with Crippen molar-refractivity contribution < 1.29 is 35.1 Å². The lowest BCUT2D eigenvalue weighted by Gasteiger charge is -2.39. The van der Waals surface area contributed by atoms with E-state index in [1.807, 2.05) is 22.6 Å². The average Bonchev–Trinajstić information content (AvgIpc) is 3.50. The van der Waals surface area contributed by atoms with E-state index in [1.54, 1.807) is 6.20 Å². The van der Waals surface area contributed by atoms with Gasteiger partial charge in [-0.2, -0.15) is 0 Å². The first-order valence-corrected chi connectivity index (χ1v) is 12.8. The van der Waals surface area contributed by atoms with Crippen LogP contribution in [0.5, 0.6) is 5.75 Å². The predicted molar refractivity (Wildman–Crippen MR) is 139 cm³/mol. The van der Waals surface area contributed by atoms with Gasteiger partial charge in [0, 0.05) is 37.0 Å². The molecule has 190 valence electrons. The molecule has 3 aromatic rings. The first-order valence-electron chi connectivity index (χ1n) is 10.6. The van der Waals surface area contributed by atoms with E-state index >= 15 is 0 Å². The molecule has 2 aromatic heterocycles. The van der Waals surface area contributed by atoms with E-state index in [0.717, 1.165) is 0 Å². The number of ether oxygens (including phenoxy) is 1. The van der Waals surface area contributed by atoms with Gasteiger partial charge in [-0.25, -0.2) is 9.78 Å². The number of benzene rings is 1. The molecule has 0 aliphatic heterocycles. The molecule has 1 fully saturated rings. The molecule has 0 bridgehead atoms. The summed E-state index contributed by atoms with van der Waals surface area (Å²) in [5.74, 6) is -1.48. The van der Waals surface area contributed by atoms with Gasteiger partial charge in [0.15, 0.2) is 0 Å². The van der Waals surface area contributed by atoms with E-state index in [-0.39, 0.29) is 25.2 Å². The predicted octanol–water partition coefficient (Wildman–Crippen LogP) is 1.86. The minimum atomic E-state index is -1.49. The van der Waals surface area contributed by atoms with Crippen molar-refractivity contribution in [2.75, 3.05) is 11.9 Å². The normalized spacial score (nSPS) is 25.5. The number of aliphatic hydroxyl groups excluding tert-OH is 4. The van der Waals surface area contributed by atoms with Gasteiger partial charge < -0.3 is 45.6 Å². The quantitative estimate of drug-likeness (QED) is 0.130. The molecule has 2 heterocycles. The molecule has 1 saturated carbocycles. The Hall–Kier alpha value is -1.62. The standard InChI is InChI=1S/C21H23BrClIN4O7/c22-13-14(23)12-11(35-10-1-7(5-29)18(30)20(32)19(10)31)4-26-16(12)17(15(13)24)28-9(21(33)34)2-8-3-25-6-27-8/h3-4,6-7,9-10,18-20,26,28-32H,1-2,5H2,(H,25,27)(H,33,34)/t7-,9?,10?,18+,19-,20+/m1/s1. The monoisotopic (exact) mass is 684 g/mol. The van der Waals surface area contributed by atoms with Crippen molar-refractivity contribution in [1.29, 1.82) is 0 Å². The minimum Gasteiger partial charge on any atom is -0.485 e. The molecule has 2 unspecified atom stereocenters. The summed E-state index contributed by atoms with van der Waals surface area (Å²) >= 11 is 12.1. The van der Waals surface area contributed by atoms with E-state index in [9.17, 15) is 30.3 Å². The number of hydrogen-bond donors (Lipinski definition) is 8. The highest BCUT2D eigenvalue weighted by molar-refractivity contribution is 14.1. The number of carboxylic acid groups (broad SMARTS) is 1. The zero-order chi connectivity index (χ0) is 25.4. The lowest BCUT2D eigenvalue weighted by Crippen LogP contribution is -2.56. The number of carboxylic acids is 1. The lowest BCUT2D eigenvalue weighted by molar-refractivity contribution is -0.156. The first-order chi connectivity index (χ1) is 16.6. The molecule has 8 N–H and O–H groups in total. The van der Waals surface area contributed by atoms with Gasteiger partial charge in [-0.15, -0.1) is 0 Å². The Morgan fingerprint density at radius 3 is 2.69 bits per heavy atom. The van der Waals surface area contributed by atoms with Crippen molar-refractivity contribution in [2.45, 2.75) is 43.3 Å². The zero-order valence-electron chi connectivity index (χ0n) is 18.0. The van der Waals surface area contributed by atoms with Crippen LogP contribution in [0.3, 0.4) is 0 Å². The van der Waals surface area contributed by atoms with Crippen molar-refractivity contribution in [2.24, 2.45) is 5.92 Å². The number of aromatic amines is 2. The Labute approximate surface area is 226 Å². The summed E-state index contributed by atoms with van der Waals surface area (Å²) in [6.45, 7) is -0.385. The number of anilines is 1. The second kappa shape index (κ2) is 10.8. The largest absolute Gasteiger partial charge is 0.485 e. The van der Waals surface area contributed by atoms with Crippen LogP contribution in [0, 0.1) is 9.49 Å². The van der Waals surface area contributed by atoms with Crippen LogP contribution in [0.4, 0.5) is 5.69 Å². The Morgan fingerprint density at radius 1 is 1.31 bits per heavy atom. The number of fused-ring (bicyclic) bond motifs is 1. The molecular weight excluding hydrogens is 663 g/mol. The summed E-state index contributed by atoms with van der Waals surface area (Å²) in [5, 5.41) is 53.9. The smallest absolute Gasteiger partial charge is 0.326 e. The fourth-order valence-corrected chi connectivity index (χ4v) is 5.74. The number of H-pyrrole nitrogens is 2. The van der Waals surface area contributed by atoms with Gasteiger partial charge in [-0.3, -0.25) is 0 Å². The van der Waals surface area contributed by atoms with Gasteiger partial charge >= 0.3 is 5.97 Å². The van der Waals surface area contributed by atoms with Crippen LogP contribution >= 0.6 is 50.1 Å². The van der Waals surface area contributed by atoms with Crippen LogP contribution in [0.1, 0.15) is 12.1 Å². The van der Waals surface area contributed by atoms with Crippen LogP contribution in [-0.2, 0) is 11.2 Å². The highest BCUT2D eigenvalue weighted by atomic mass is 127. The topological polar surface area (TPSA) is 184 Å². The van der Waals surface area contributed by atoms with Crippen molar-refractivity contribution in [3.8, 4) is 5.75 Å². The third-order valence-corrected chi connectivity index (χ3v) is 9.34. The lowest BCUT2D eigenvalue weighted by atomic mass is 9.81. The Kier molecular flexibility index (Phi) is 8.15. The van der Waals surface area contributed by atoms with E-state index in [1.165, 1.54) is 12.5 Å². The molecule has 0 spiro atoms. The molecule has 35 heavy (non-hydrogen) atoms. The molecular formula is C21H23BrClIN4O7. The van der Waals surface area contributed by atoms with Crippen LogP contribution in [0.25, 0.3) is 10.9 Å². The molecule has 14 heteroatoms. The second-order valence-corrected chi connectivity index (χ2v) is 10.6. The Bertz CT molecular complexity index is 1210. The number of rotatable bonds is 8. The maximum Gasteiger partial charge on any atom is 0.326 e. The van der Waals surface area contributed by atoms with E-state index < -0.39 is 42.3 Å². The fourth-order valence-electron chi connectivity index (χ4n) is 4.21. The van der Waals surface area contributed by atoms with Gasteiger partial charge in [0.2, 0.25) is 0 Å². The number of aromatic nitrogens is 3. The third-order valence-electron chi connectivity index (χ3n) is 6.13. The molecule has 6 atom stereocenters. The third kappa shape index (κ3) is 5.12. The summed E-state index contributed by atoms with van der Waals surface area (Å²) in [4.78, 5) is 21.9. The number of halogens is 3. The van der Waals surface area contributed by atoms with Gasteiger partial charge in [0.1, 0.15) is 30.1 Å². The molecule has 1 aliphatic rings. The number of aliphatic carboxylic acids is 1. The number of imidazole rings is 1. The number of nitrogens with one attached hydrogen (secondary N) is 3.